The molecule has 1 aliphatic rings. The number of para-hydroxylation sites is 1. The summed E-state index contributed by atoms with van der Waals surface area (Å²) in [5, 5.41) is 3.70. The zero-order valence-electron chi connectivity index (χ0n) is 21.7. The number of hydrogen-bond donors (Lipinski definition) is 1. The zero-order chi connectivity index (χ0) is 27.5. The van der Waals surface area contributed by atoms with Crippen molar-refractivity contribution in [2.75, 3.05) is 18.4 Å². The average Bonchev–Trinajstić information content (AvgIpc) is 3.53. The van der Waals surface area contributed by atoms with Crippen molar-refractivity contribution in [3.05, 3.63) is 99.9 Å². The van der Waals surface area contributed by atoms with Crippen molar-refractivity contribution in [3.63, 3.8) is 0 Å². The minimum atomic E-state index is -0.620. The number of halogens is 1. The number of aromatic nitrogens is 3. The van der Waals surface area contributed by atoms with Crippen molar-refractivity contribution in [2.45, 2.75) is 26.2 Å². The number of carbonyl (C=O) groups excluding carboxylic acids is 1. The maximum absolute atomic E-state index is 15.0. The van der Waals surface area contributed by atoms with E-state index in [1.165, 1.54) is 16.8 Å². The third-order valence-electron chi connectivity index (χ3n) is 6.78. The van der Waals surface area contributed by atoms with Gasteiger partial charge in [-0.25, -0.2) is 14.1 Å². The molecular weight excluding hydrogens is 517 g/mol. The zero-order valence-corrected chi connectivity index (χ0v) is 22.5. The summed E-state index contributed by atoms with van der Waals surface area (Å²) < 4.78 is 23.8. The number of ether oxygens (including phenoxy) is 1. The molecule has 0 radical (unpaired) electrons. The number of rotatable bonds is 7. The minimum absolute atomic E-state index is 0.00722. The van der Waals surface area contributed by atoms with Crippen LogP contribution in [0.3, 0.4) is 0 Å². The van der Waals surface area contributed by atoms with Gasteiger partial charge in [-0.05, 0) is 67.9 Å². The predicted molar refractivity (Wildman–Crippen MR) is 152 cm³/mol. The first-order valence-electron chi connectivity index (χ1n) is 12.7. The van der Waals surface area contributed by atoms with Crippen LogP contribution >= 0.6 is 12.2 Å². The van der Waals surface area contributed by atoms with Gasteiger partial charge in [0, 0.05) is 44.5 Å². The molecule has 1 N–H and O–H groups in total. The molecule has 2 aromatic heterocycles. The summed E-state index contributed by atoms with van der Waals surface area (Å²) in [5.74, 6) is -0.0969. The second kappa shape index (κ2) is 11.2. The molecule has 0 amide bonds. The smallest absolute Gasteiger partial charge is 0.282 e. The van der Waals surface area contributed by atoms with Gasteiger partial charge < -0.3 is 15.0 Å². The number of pyridine rings is 1. The lowest BCUT2D eigenvalue weighted by Gasteiger charge is -2.19. The molecule has 0 saturated carbocycles. The molecule has 1 aliphatic heterocycles. The van der Waals surface area contributed by atoms with Crippen LogP contribution in [0, 0.1) is 12.7 Å². The van der Waals surface area contributed by atoms with Crippen LogP contribution in [0.25, 0.3) is 5.69 Å². The van der Waals surface area contributed by atoms with E-state index < -0.39 is 11.4 Å². The standard InChI is InChI=1S/C29H28FN5O3S/c1-19-27(28(37)35(33(19)2)21-8-4-3-5-9-21)24(36)17-20-10-11-25(23(30)16-20)38-22-12-13-31-26(18-22)32-29(39)34-14-6-7-15-34/h3-5,8-13,16,18H,6-7,14-15,17H2,1-2H3,(H,31,32,39). The second-order valence-corrected chi connectivity index (χ2v) is 9.79. The van der Waals surface area contributed by atoms with E-state index in [0.29, 0.717) is 33.6 Å². The highest BCUT2D eigenvalue weighted by molar-refractivity contribution is 7.80. The fourth-order valence-corrected chi connectivity index (χ4v) is 4.97. The van der Waals surface area contributed by atoms with Gasteiger partial charge in [0.2, 0.25) is 0 Å². The number of thiocarbonyl (C=S) groups is 1. The monoisotopic (exact) mass is 545 g/mol. The van der Waals surface area contributed by atoms with Gasteiger partial charge in [-0.15, -0.1) is 0 Å². The van der Waals surface area contributed by atoms with Crippen LogP contribution in [-0.2, 0) is 13.5 Å². The highest BCUT2D eigenvalue weighted by atomic mass is 32.1. The average molecular weight is 546 g/mol. The van der Waals surface area contributed by atoms with Crippen molar-refractivity contribution in [2.24, 2.45) is 7.05 Å². The lowest BCUT2D eigenvalue weighted by molar-refractivity contribution is 0.0991. The number of carbonyl (C=O) groups is 1. The molecule has 0 bridgehead atoms. The second-order valence-electron chi connectivity index (χ2n) is 9.40. The van der Waals surface area contributed by atoms with Gasteiger partial charge >= 0.3 is 0 Å². The summed E-state index contributed by atoms with van der Waals surface area (Å²) in [4.78, 5) is 32.6. The Morgan fingerprint density at radius 3 is 2.56 bits per heavy atom. The molecule has 0 unspecified atom stereocenters. The molecular formula is C29H28FN5O3S. The summed E-state index contributed by atoms with van der Waals surface area (Å²) in [6, 6.07) is 16.7. The normalized spacial score (nSPS) is 12.9. The topological polar surface area (TPSA) is 81.4 Å². The first-order valence-corrected chi connectivity index (χ1v) is 13.1. The van der Waals surface area contributed by atoms with E-state index in [0.717, 1.165) is 25.9 Å². The van der Waals surface area contributed by atoms with Gasteiger partial charge in [0.25, 0.3) is 5.56 Å². The summed E-state index contributed by atoms with van der Waals surface area (Å²) in [6.45, 7) is 3.55. The molecule has 1 fully saturated rings. The van der Waals surface area contributed by atoms with Crippen molar-refractivity contribution in [1.82, 2.24) is 19.2 Å². The van der Waals surface area contributed by atoms with Crippen LogP contribution in [0.4, 0.5) is 10.2 Å². The third kappa shape index (κ3) is 5.61. The Kier molecular flexibility index (Phi) is 7.56. The Hall–Kier alpha value is -4.31. The summed E-state index contributed by atoms with van der Waals surface area (Å²) in [7, 11) is 1.73. The number of hydrogen-bond acceptors (Lipinski definition) is 5. The molecule has 0 atom stereocenters. The Morgan fingerprint density at radius 2 is 1.85 bits per heavy atom. The van der Waals surface area contributed by atoms with Crippen molar-refractivity contribution in [1.29, 1.82) is 0 Å². The first kappa shape index (κ1) is 26.3. The van der Waals surface area contributed by atoms with Gasteiger partial charge in [0.1, 0.15) is 17.1 Å². The molecule has 200 valence electrons. The number of benzene rings is 2. The van der Waals surface area contributed by atoms with Gasteiger partial charge in [-0.3, -0.25) is 14.3 Å². The minimum Gasteiger partial charge on any atom is -0.454 e. The van der Waals surface area contributed by atoms with Crippen LogP contribution in [0.5, 0.6) is 11.5 Å². The number of nitrogens with one attached hydrogen (secondary N) is 1. The molecule has 0 spiro atoms. The number of anilines is 1. The maximum atomic E-state index is 15.0. The SMILES string of the molecule is Cc1c(C(=O)Cc2ccc(Oc3ccnc(NC(=S)N4CCCC4)c3)c(F)c2)c(=O)n(-c2ccccc2)n1C. The van der Waals surface area contributed by atoms with Gasteiger partial charge in [0.05, 0.1) is 5.69 Å². The molecule has 3 heterocycles. The number of ketones is 1. The molecule has 10 heteroatoms. The van der Waals surface area contributed by atoms with Crippen LogP contribution in [0.1, 0.15) is 34.5 Å². The van der Waals surface area contributed by atoms with E-state index in [9.17, 15) is 14.0 Å². The van der Waals surface area contributed by atoms with Crippen LogP contribution < -0.4 is 15.6 Å². The Bertz CT molecular complexity index is 1590. The highest BCUT2D eigenvalue weighted by Gasteiger charge is 2.23. The van der Waals surface area contributed by atoms with E-state index in [1.807, 2.05) is 18.2 Å². The maximum Gasteiger partial charge on any atom is 0.282 e. The lowest BCUT2D eigenvalue weighted by Crippen LogP contribution is -2.32. The fraction of sp³-hybridized carbons (Fsp3) is 0.241. The van der Waals surface area contributed by atoms with Crippen LogP contribution in [0.15, 0.2) is 71.7 Å². The van der Waals surface area contributed by atoms with E-state index >= 15 is 0 Å². The summed E-state index contributed by atoms with van der Waals surface area (Å²) in [6.07, 6.45) is 3.65. The van der Waals surface area contributed by atoms with Crippen LogP contribution in [-0.4, -0.2) is 43.2 Å². The van der Waals surface area contributed by atoms with Crippen LogP contribution in [0.2, 0.25) is 0 Å². The molecule has 0 aliphatic carbocycles. The van der Waals surface area contributed by atoms with E-state index in [4.69, 9.17) is 17.0 Å². The Morgan fingerprint density at radius 1 is 1.10 bits per heavy atom. The summed E-state index contributed by atoms with van der Waals surface area (Å²) >= 11 is 5.45. The van der Waals surface area contributed by atoms with Gasteiger partial charge in [-0.1, -0.05) is 24.3 Å². The van der Waals surface area contributed by atoms with E-state index in [2.05, 4.69) is 15.2 Å². The van der Waals surface area contributed by atoms with Crippen molar-refractivity contribution < 1.29 is 13.9 Å². The van der Waals surface area contributed by atoms with Crippen molar-refractivity contribution >= 4 is 28.9 Å². The molecule has 1 saturated heterocycles. The largest absolute Gasteiger partial charge is 0.454 e. The predicted octanol–water partition coefficient (Wildman–Crippen LogP) is 5.03. The molecule has 39 heavy (non-hydrogen) atoms. The molecule has 4 aromatic rings. The Balaban J connectivity index is 1.29. The molecule has 2 aromatic carbocycles. The van der Waals surface area contributed by atoms with Gasteiger partial charge in [0.15, 0.2) is 22.5 Å². The van der Waals surface area contributed by atoms with Gasteiger partial charge in [-0.2, -0.15) is 0 Å². The van der Waals surface area contributed by atoms with E-state index in [-0.39, 0.29) is 23.5 Å². The molecule has 8 nitrogen and oxygen atoms in total. The lowest BCUT2D eigenvalue weighted by atomic mass is 10.0. The Labute approximate surface area is 230 Å². The fourth-order valence-electron chi connectivity index (χ4n) is 4.68. The molecule has 5 rings (SSSR count). The van der Waals surface area contributed by atoms with E-state index in [1.54, 1.807) is 55.2 Å². The summed E-state index contributed by atoms with van der Waals surface area (Å²) in [5.41, 5.74) is 1.32. The number of likely N-dealkylation sites (tertiary alicyclic amines) is 1. The van der Waals surface area contributed by atoms with Crippen molar-refractivity contribution in [3.8, 4) is 17.2 Å². The number of nitrogens with zero attached hydrogens (tertiary/aromatic N) is 4. The highest BCUT2D eigenvalue weighted by Crippen LogP contribution is 2.27. The first-order chi connectivity index (χ1) is 18.8. The number of Topliss-reactive ketones (excluding diaryl/α,β-unsaturated/α-hetero) is 1. The third-order valence-corrected chi connectivity index (χ3v) is 7.14. The quantitative estimate of drug-likeness (QED) is 0.258.